The quantitative estimate of drug-likeness (QED) is 0.184. The summed E-state index contributed by atoms with van der Waals surface area (Å²) in [5, 5.41) is 0. The van der Waals surface area contributed by atoms with Crippen LogP contribution in [0.2, 0.25) is 0 Å². The number of carbonyl (C=O) groups is 1. The molecule has 0 N–H and O–H groups in total. The summed E-state index contributed by atoms with van der Waals surface area (Å²) in [6.45, 7) is 4.45. The fraction of sp³-hybridized carbons (Fsp3) is 0.293. The van der Waals surface area contributed by atoms with Crippen molar-refractivity contribution >= 4 is 17.9 Å². The average Bonchev–Trinajstić information content (AvgIpc) is 3.06. The third kappa shape index (κ3) is 8.11. The molecule has 44 heavy (non-hydrogen) atoms. The largest absolute Gasteiger partial charge is 0.300 e. The predicted octanol–water partition coefficient (Wildman–Crippen LogP) is 9.03. The van der Waals surface area contributed by atoms with Crippen LogP contribution in [0.15, 0.2) is 144 Å². The highest BCUT2D eigenvalue weighted by Gasteiger charge is 2.29. The van der Waals surface area contributed by atoms with Crippen molar-refractivity contribution in [1.82, 2.24) is 9.80 Å². The lowest BCUT2D eigenvalue weighted by Crippen LogP contribution is -2.42. The molecule has 2 unspecified atom stereocenters. The summed E-state index contributed by atoms with van der Waals surface area (Å²) >= 11 is 0. The van der Waals surface area contributed by atoms with Gasteiger partial charge in [-0.1, -0.05) is 135 Å². The molecule has 3 nitrogen and oxygen atoms in total. The van der Waals surface area contributed by atoms with E-state index in [2.05, 4.69) is 113 Å². The fourth-order valence-electron chi connectivity index (χ4n) is 5.80. The van der Waals surface area contributed by atoms with E-state index >= 15 is 0 Å². The molecule has 0 bridgehead atoms. The third-order valence-electron chi connectivity index (χ3n) is 9.24. The van der Waals surface area contributed by atoms with Crippen molar-refractivity contribution in [2.75, 3.05) is 28.2 Å². The molecule has 2 atom stereocenters. The molecule has 0 radical (unpaired) electrons. The monoisotopic (exact) mass is 584 g/mol. The number of rotatable bonds is 12. The molecule has 0 amide bonds. The Bertz CT molecular complexity index is 1410. The number of carbonyl (C=O) groups excluding carboxylic acids is 1. The first kappa shape index (κ1) is 32.9. The van der Waals surface area contributed by atoms with Gasteiger partial charge in [-0.15, -0.1) is 0 Å². The number of hydrogen-bond donors (Lipinski definition) is 0. The highest BCUT2D eigenvalue weighted by molar-refractivity contribution is 6.13. The van der Waals surface area contributed by atoms with Gasteiger partial charge in [-0.2, -0.15) is 0 Å². The van der Waals surface area contributed by atoms with Crippen LogP contribution in [0, 0.1) is 0 Å². The maximum absolute atomic E-state index is 14.5. The normalized spacial score (nSPS) is 22.7. The van der Waals surface area contributed by atoms with E-state index in [0.717, 1.165) is 48.0 Å². The molecular formula is C41H48N2O. The number of allylic oxidation sites excluding steroid dienone is 10. The first-order valence-electron chi connectivity index (χ1n) is 15.8. The molecule has 4 rings (SSSR count). The van der Waals surface area contributed by atoms with Gasteiger partial charge >= 0.3 is 0 Å². The summed E-state index contributed by atoms with van der Waals surface area (Å²) in [4.78, 5) is 19.0. The van der Waals surface area contributed by atoms with E-state index < -0.39 is 0 Å². The van der Waals surface area contributed by atoms with Gasteiger partial charge in [-0.3, -0.25) is 14.6 Å². The smallest absolute Gasteiger partial charge is 0.193 e. The van der Waals surface area contributed by atoms with Crippen LogP contribution in [0.5, 0.6) is 0 Å². The molecule has 2 aromatic carbocycles. The van der Waals surface area contributed by atoms with Crippen LogP contribution < -0.4 is 0 Å². The fourth-order valence-corrected chi connectivity index (χ4v) is 5.80. The van der Waals surface area contributed by atoms with E-state index in [-0.39, 0.29) is 16.9 Å². The van der Waals surface area contributed by atoms with E-state index in [1.165, 1.54) is 0 Å². The Morgan fingerprint density at radius 1 is 0.659 bits per heavy atom. The van der Waals surface area contributed by atoms with Gasteiger partial charge in [0.25, 0.3) is 0 Å². The Labute approximate surface area is 265 Å². The van der Waals surface area contributed by atoms with Crippen molar-refractivity contribution in [3.63, 3.8) is 0 Å². The minimum atomic E-state index is -0.00663. The zero-order valence-corrected chi connectivity index (χ0v) is 27.3. The Morgan fingerprint density at radius 2 is 1.05 bits per heavy atom. The molecule has 2 aromatic rings. The molecule has 0 saturated carbocycles. The standard InChI is InChI=1S/C41H48N2O/c1-7-40(42(3)4)27-23-35(24-28-40)31-37(21-19-33-15-11-9-12-16-33)39(44)38(22-20-34-17-13-10-14-18-34)32-36-25-29-41(8-2,30-26-36)43(5)6/h9-27,29,31-32H,7-8,28,30H2,1-6H3. The van der Waals surface area contributed by atoms with Crippen molar-refractivity contribution in [3.05, 3.63) is 155 Å². The highest BCUT2D eigenvalue weighted by Crippen LogP contribution is 2.32. The minimum Gasteiger partial charge on any atom is -0.300 e. The number of Topliss-reactive ketones (excluding diaryl/α,β-unsaturated/α-hetero) is 1. The van der Waals surface area contributed by atoms with Crippen molar-refractivity contribution < 1.29 is 4.79 Å². The van der Waals surface area contributed by atoms with Crippen molar-refractivity contribution in [2.24, 2.45) is 0 Å². The molecule has 2 aliphatic carbocycles. The first-order valence-corrected chi connectivity index (χ1v) is 15.8. The second kappa shape index (κ2) is 15.1. The van der Waals surface area contributed by atoms with Gasteiger partial charge in [0.05, 0.1) is 0 Å². The van der Waals surface area contributed by atoms with Crippen molar-refractivity contribution in [3.8, 4) is 0 Å². The summed E-state index contributed by atoms with van der Waals surface area (Å²) in [5.41, 5.74) is 5.53. The van der Waals surface area contributed by atoms with Gasteiger partial charge in [0, 0.05) is 22.2 Å². The number of hydrogen-bond acceptors (Lipinski definition) is 3. The van der Waals surface area contributed by atoms with Gasteiger partial charge < -0.3 is 0 Å². The van der Waals surface area contributed by atoms with E-state index in [4.69, 9.17) is 0 Å². The zero-order chi connectivity index (χ0) is 31.6. The maximum Gasteiger partial charge on any atom is 0.193 e. The van der Waals surface area contributed by atoms with Gasteiger partial charge in [-0.25, -0.2) is 0 Å². The van der Waals surface area contributed by atoms with E-state index in [1.807, 2.05) is 72.9 Å². The van der Waals surface area contributed by atoms with Crippen LogP contribution in [0.1, 0.15) is 50.7 Å². The number of ketones is 1. The van der Waals surface area contributed by atoms with E-state index in [9.17, 15) is 4.79 Å². The summed E-state index contributed by atoms with van der Waals surface area (Å²) in [6, 6.07) is 20.3. The SMILES string of the molecule is CCC1(N(C)C)C=CC(C=C(C=Cc2ccccc2)C(=O)C(C=Cc2ccccc2)=CC2=CCC(CC)(N(C)C)C=C2)=CC1. The van der Waals surface area contributed by atoms with E-state index in [1.54, 1.807) is 0 Å². The lowest BCUT2D eigenvalue weighted by molar-refractivity contribution is -0.111. The molecule has 0 aromatic heterocycles. The second-order valence-corrected chi connectivity index (χ2v) is 12.2. The minimum absolute atomic E-state index is 0.00490. The molecular weight excluding hydrogens is 536 g/mol. The van der Waals surface area contributed by atoms with Crippen LogP contribution in [0.25, 0.3) is 12.2 Å². The lowest BCUT2D eigenvalue weighted by Gasteiger charge is -2.37. The Morgan fingerprint density at radius 3 is 1.34 bits per heavy atom. The molecule has 228 valence electrons. The Hall–Kier alpha value is -4.05. The topological polar surface area (TPSA) is 23.6 Å². The third-order valence-corrected chi connectivity index (χ3v) is 9.24. The van der Waals surface area contributed by atoms with E-state index in [0.29, 0.717) is 11.1 Å². The lowest BCUT2D eigenvalue weighted by atomic mass is 9.84. The van der Waals surface area contributed by atoms with Gasteiger partial charge in [-0.05, 0) is 88.3 Å². The van der Waals surface area contributed by atoms with Gasteiger partial charge in [0.2, 0.25) is 0 Å². The van der Waals surface area contributed by atoms with Crippen molar-refractivity contribution in [1.29, 1.82) is 0 Å². The molecule has 0 saturated heterocycles. The molecule has 0 aliphatic heterocycles. The van der Waals surface area contributed by atoms with Gasteiger partial charge in [0.15, 0.2) is 5.78 Å². The average molecular weight is 585 g/mol. The van der Waals surface area contributed by atoms with Gasteiger partial charge in [0.1, 0.15) is 0 Å². The summed E-state index contributed by atoms with van der Waals surface area (Å²) < 4.78 is 0. The summed E-state index contributed by atoms with van der Waals surface area (Å²) in [7, 11) is 8.53. The van der Waals surface area contributed by atoms with Crippen LogP contribution in [-0.2, 0) is 4.79 Å². The molecule has 3 heteroatoms. The maximum atomic E-state index is 14.5. The number of benzene rings is 2. The van der Waals surface area contributed by atoms with Crippen LogP contribution in [0.3, 0.4) is 0 Å². The number of likely N-dealkylation sites (N-methyl/N-ethyl adjacent to an activating group) is 2. The Kier molecular flexibility index (Phi) is 11.3. The van der Waals surface area contributed by atoms with Crippen LogP contribution >= 0.6 is 0 Å². The number of nitrogens with zero attached hydrogens (tertiary/aromatic N) is 2. The second-order valence-electron chi connectivity index (χ2n) is 12.2. The molecule has 2 aliphatic rings. The predicted molar refractivity (Wildman–Crippen MR) is 189 cm³/mol. The van der Waals surface area contributed by atoms with Crippen molar-refractivity contribution in [2.45, 2.75) is 50.6 Å². The summed E-state index contributed by atoms with van der Waals surface area (Å²) in [6.07, 6.45) is 29.3. The first-order chi connectivity index (χ1) is 21.2. The van der Waals surface area contributed by atoms with Crippen LogP contribution in [0.4, 0.5) is 0 Å². The zero-order valence-electron chi connectivity index (χ0n) is 27.3. The van der Waals surface area contributed by atoms with Crippen LogP contribution in [-0.4, -0.2) is 54.9 Å². The molecule has 0 heterocycles. The highest BCUT2D eigenvalue weighted by atomic mass is 16.1. The molecule has 0 fully saturated rings. The Balaban J connectivity index is 1.75. The summed E-state index contributed by atoms with van der Waals surface area (Å²) in [5.74, 6) is -0.00663. The molecule has 0 spiro atoms.